The van der Waals surface area contributed by atoms with Crippen LogP contribution in [0.15, 0.2) is 24.3 Å². The van der Waals surface area contributed by atoms with E-state index in [1.807, 2.05) is 12.1 Å². The van der Waals surface area contributed by atoms with Crippen LogP contribution in [0.2, 0.25) is 0 Å². The standard InChI is InChI=1S/C23H35N5OS/c1-4-28(5-2)16-19-8-6-7-9-20(19)24-15-21-26-27-23(30-21)22(29)25-14-18-12-10-17(3)11-13-18/h10-13,19-20,24H,4-9,14-16H2,1-3H3,(H,25,29)/t19-,20-/m1/s1. The van der Waals surface area contributed by atoms with Gasteiger partial charge in [-0.15, -0.1) is 10.2 Å². The zero-order chi connectivity index (χ0) is 21.3. The van der Waals surface area contributed by atoms with Crippen LogP contribution in [0.4, 0.5) is 0 Å². The van der Waals surface area contributed by atoms with E-state index in [1.54, 1.807) is 0 Å². The highest BCUT2D eigenvalue weighted by Crippen LogP contribution is 2.26. The second-order valence-corrected chi connectivity index (χ2v) is 9.25. The Labute approximate surface area is 184 Å². The minimum atomic E-state index is -0.156. The number of hydrogen-bond acceptors (Lipinski definition) is 6. The molecule has 0 bridgehead atoms. The summed E-state index contributed by atoms with van der Waals surface area (Å²) < 4.78 is 0. The molecular formula is C23H35N5OS. The van der Waals surface area contributed by atoms with E-state index in [2.05, 4.69) is 58.6 Å². The van der Waals surface area contributed by atoms with Gasteiger partial charge in [-0.05, 0) is 44.3 Å². The lowest BCUT2D eigenvalue weighted by Gasteiger charge is -2.35. The Bertz CT molecular complexity index is 787. The average molecular weight is 430 g/mol. The Morgan fingerprint density at radius 2 is 1.83 bits per heavy atom. The van der Waals surface area contributed by atoms with Crippen molar-refractivity contribution >= 4 is 17.2 Å². The molecule has 0 radical (unpaired) electrons. The summed E-state index contributed by atoms with van der Waals surface area (Å²) in [7, 11) is 0. The molecule has 1 heterocycles. The molecule has 1 saturated carbocycles. The van der Waals surface area contributed by atoms with Crippen LogP contribution in [0.5, 0.6) is 0 Å². The number of amides is 1. The quantitative estimate of drug-likeness (QED) is 0.602. The fourth-order valence-electron chi connectivity index (χ4n) is 4.11. The van der Waals surface area contributed by atoms with Gasteiger partial charge in [0.15, 0.2) is 0 Å². The van der Waals surface area contributed by atoms with E-state index in [9.17, 15) is 4.79 Å². The van der Waals surface area contributed by atoms with Gasteiger partial charge in [0, 0.05) is 25.7 Å². The van der Waals surface area contributed by atoms with Gasteiger partial charge in [0.05, 0.1) is 0 Å². The Morgan fingerprint density at radius 3 is 2.57 bits per heavy atom. The Hall–Kier alpha value is -1.83. The zero-order valence-corrected chi connectivity index (χ0v) is 19.3. The number of aryl methyl sites for hydroxylation is 1. The maximum Gasteiger partial charge on any atom is 0.282 e. The predicted octanol–water partition coefficient (Wildman–Crippen LogP) is 3.77. The van der Waals surface area contributed by atoms with Crippen LogP contribution in [0.25, 0.3) is 0 Å². The maximum atomic E-state index is 12.4. The normalized spacial score (nSPS) is 19.2. The molecule has 3 rings (SSSR count). The second-order valence-electron chi connectivity index (χ2n) is 8.19. The third-order valence-electron chi connectivity index (χ3n) is 6.05. The molecule has 1 aromatic carbocycles. The van der Waals surface area contributed by atoms with Gasteiger partial charge in [0.25, 0.3) is 5.91 Å². The summed E-state index contributed by atoms with van der Waals surface area (Å²) in [5.74, 6) is 0.528. The largest absolute Gasteiger partial charge is 0.346 e. The van der Waals surface area contributed by atoms with Crippen LogP contribution >= 0.6 is 11.3 Å². The Balaban J connectivity index is 1.49. The molecule has 30 heavy (non-hydrogen) atoms. The van der Waals surface area contributed by atoms with Gasteiger partial charge in [0.2, 0.25) is 5.01 Å². The molecule has 164 valence electrons. The van der Waals surface area contributed by atoms with Crippen molar-refractivity contribution in [3.63, 3.8) is 0 Å². The van der Waals surface area contributed by atoms with E-state index in [0.29, 0.717) is 30.1 Å². The van der Waals surface area contributed by atoms with E-state index in [-0.39, 0.29) is 5.91 Å². The summed E-state index contributed by atoms with van der Waals surface area (Å²) in [5, 5.41) is 16.3. The molecule has 1 fully saturated rings. The number of aromatic nitrogens is 2. The first-order chi connectivity index (χ1) is 14.6. The summed E-state index contributed by atoms with van der Waals surface area (Å²) >= 11 is 1.38. The third-order valence-corrected chi connectivity index (χ3v) is 6.97. The van der Waals surface area contributed by atoms with Crippen LogP contribution in [-0.4, -0.2) is 46.7 Å². The topological polar surface area (TPSA) is 70.1 Å². The summed E-state index contributed by atoms with van der Waals surface area (Å²) in [5.41, 5.74) is 2.29. The lowest BCUT2D eigenvalue weighted by molar-refractivity contribution is 0.0950. The number of benzene rings is 1. The molecule has 1 amide bonds. The minimum absolute atomic E-state index is 0.156. The van der Waals surface area contributed by atoms with Gasteiger partial charge < -0.3 is 15.5 Å². The lowest BCUT2D eigenvalue weighted by Crippen LogP contribution is -2.44. The molecule has 1 aromatic heterocycles. The van der Waals surface area contributed by atoms with Gasteiger partial charge in [0.1, 0.15) is 5.01 Å². The van der Waals surface area contributed by atoms with E-state index in [1.165, 1.54) is 42.6 Å². The van der Waals surface area contributed by atoms with Crippen molar-refractivity contribution in [2.45, 2.75) is 65.6 Å². The van der Waals surface area contributed by atoms with Crippen LogP contribution in [0, 0.1) is 12.8 Å². The van der Waals surface area contributed by atoms with E-state index < -0.39 is 0 Å². The first kappa shape index (κ1) is 22.8. The molecule has 0 spiro atoms. The second kappa shape index (κ2) is 11.5. The molecule has 1 aliphatic rings. The minimum Gasteiger partial charge on any atom is -0.346 e. The Morgan fingerprint density at radius 1 is 1.10 bits per heavy atom. The summed E-state index contributed by atoms with van der Waals surface area (Å²) in [6.07, 6.45) is 5.12. The van der Waals surface area contributed by atoms with Crippen LogP contribution in [0.3, 0.4) is 0 Å². The number of carbonyl (C=O) groups excluding carboxylic acids is 1. The van der Waals surface area contributed by atoms with Crippen LogP contribution < -0.4 is 10.6 Å². The van der Waals surface area contributed by atoms with Gasteiger partial charge in [-0.3, -0.25) is 4.79 Å². The van der Waals surface area contributed by atoms with Crippen molar-refractivity contribution in [2.24, 2.45) is 5.92 Å². The zero-order valence-electron chi connectivity index (χ0n) is 18.5. The number of nitrogens with zero attached hydrogens (tertiary/aromatic N) is 3. The first-order valence-electron chi connectivity index (χ1n) is 11.2. The van der Waals surface area contributed by atoms with Crippen molar-refractivity contribution in [3.05, 3.63) is 45.4 Å². The number of rotatable bonds is 10. The SMILES string of the molecule is CCN(CC)C[C@H]1CCCC[C@H]1NCc1nnc(C(=O)NCc2ccc(C)cc2)s1. The summed E-state index contributed by atoms with van der Waals surface area (Å²) in [4.78, 5) is 14.9. The molecule has 1 aliphatic carbocycles. The van der Waals surface area contributed by atoms with Crippen LogP contribution in [-0.2, 0) is 13.1 Å². The number of carbonyl (C=O) groups is 1. The smallest absolute Gasteiger partial charge is 0.282 e. The maximum absolute atomic E-state index is 12.4. The molecule has 0 aliphatic heterocycles. The fourth-order valence-corrected chi connectivity index (χ4v) is 4.81. The molecular weight excluding hydrogens is 394 g/mol. The highest BCUT2D eigenvalue weighted by atomic mass is 32.1. The number of nitrogens with one attached hydrogen (secondary N) is 2. The van der Waals surface area contributed by atoms with E-state index in [4.69, 9.17) is 0 Å². The molecule has 2 atom stereocenters. The van der Waals surface area contributed by atoms with Crippen molar-refractivity contribution in [1.29, 1.82) is 0 Å². The first-order valence-corrected chi connectivity index (χ1v) is 12.0. The van der Waals surface area contributed by atoms with Crippen molar-refractivity contribution in [3.8, 4) is 0 Å². The van der Waals surface area contributed by atoms with Gasteiger partial charge in [-0.25, -0.2) is 0 Å². The molecule has 7 heteroatoms. The summed E-state index contributed by atoms with van der Waals surface area (Å²) in [6, 6.07) is 8.68. The van der Waals surface area contributed by atoms with Gasteiger partial charge in [-0.2, -0.15) is 0 Å². The van der Waals surface area contributed by atoms with Crippen molar-refractivity contribution in [2.75, 3.05) is 19.6 Å². The average Bonchev–Trinajstić information content (AvgIpc) is 3.25. The number of hydrogen-bond donors (Lipinski definition) is 2. The monoisotopic (exact) mass is 429 g/mol. The Kier molecular flexibility index (Phi) is 8.78. The van der Waals surface area contributed by atoms with Gasteiger partial charge in [-0.1, -0.05) is 67.9 Å². The third kappa shape index (κ3) is 6.59. The lowest BCUT2D eigenvalue weighted by atomic mass is 9.84. The molecule has 2 aromatic rings. The highest BCUT2D eigenvalue weighted by molar-refractivity contribution is 7.13. The molecule has 2 N–H and O–H groups in total. The summed E-state index contributed by atoms with van der Waals surface area (Å²) in [6.45, 7) is 11.1. The van der Waals surface area contributed by atoms with Crippen molar-refractivity contribution < 1.29 is 4.79 Å². The fraction of sp³-hybridized carbons (Fsp3) is 0.609. The van der Waals surface area contributed by atoms with Crippen LogP contribution in [0.1, 0.15) is 65.5 Å². The van der Waals surface area contributed by atoms with E-state index >= 15 is 0 Å². The van der Waals surface area contributed by atoms with Crippen molar-refractivity contribution in [1.82, 2.24) is 25.7 Å². The van der Waals surface area contributed by atoms with E-state index in [0.717, 1.165) is 30.2 Å². The molecule has 0 saturated heterocycles. The molecule has 0 unspecified atom stereocenters. The predicted molar refractivity (Wildman–Crippen MR) is 123 cm³/mol. The highest BCUT2D eigenvalue weighted by Gasteiger charge is 2.26. The van der Waals surface area contributed by atoms with Gasteiger partial charge >= 0.3 is 0 Å². The molecule has 6 nitrogen and oxygen atoms in total.